The van der Waals surface area contributed by atoms with E-state index in [0.717, 1.165) is 58.6 Å². The van der Waals surface area contributed by atoms with Crippen LogP contribution in [0, 0.1) is 29.1 Å². The lowest BCUT2D eigenvalue weighted by Gasteiger charge is -2.29. The average molecular weight is 595 g/mol. The summed E-state index contributed by atoms with van der Waals surface area (Å²) in [6, 6.07) is 13.5. The third kappa shape index (κ3) is 5.42. The monoisotopic (exact) mass is 593 g/mol. The van der Waals surface area contributed by atoms with E-state index in [9.17, 15) is 0 Å². The quantitative estimate of drug-likeness (QED) is 0.222. The first-order valence-electron chi connectivity index (χ1n) is 14.3. The summed E-state index contributed by atoms with van der Waals surface area (Å²) < 4.78 is 12.3. The van der Waals surface area contributed by atoms with Crippen LogP contribution in [-0.4, -0.2) is 16.7 Å². The smallest absolute Gasteiger partial charge is 0.145 e. The van der Waals surface area contributed by atoms with Crippen molar-refractivity contribution in [3.05, 3.63) is 68.3 Å². The SMILES string of the molecule is CC1CC2CCCC1C2c1nc2ccc(C#N)cc2s1.CCOCc1c(-c2c(Cl)cccc2Cl)noc1C1CC1. The minimum Gasteiger partial charge on any atom is -0.377 e. The molecule has 4 unspecified atom stereocenters. The van der Waals surface area contributed by atoms with Crippen molar-refractivity contribution in [1.29, 1.82) is 5.26 Å². The Kier molecular flexibility index (Phi) is 8.19. The molecule has 8 heteroatoms. The number of ether oxygens (including phenoxy) is 1. The maximum Gasteiger partial charge on any atom is 0.145 e. The summed E-state index contributed by atoms with van der Waals surface area (Å²) in [6.07, 6.45) is 7.83. The molecule has 0 spiro atoms. The van der Waals surface area contributed by atoms with Crippen molar-refractivity contribution in [2.45, 2.75) is 70.8 Å². The van der Waals surface area contributed by atoms with E-state index in [0.29, 0.717) is 40.8 Å². The van der Waals surface area contributed by atoms with Gasteiger partial charge in [0.05, 0.1) is 43.5 Å². The summed E-state index contributed by atoms with van der Waals surface area (Å²) in [5.74, 6) is 4.61. The molecular weight excluding hydrogens is 561 g/mol. The van der Waals surface area contributed by atoms with Gasteiger partial charge in [-0.25, -0.2) is 4.98 Å². The lowest BCUT2D eigenvalue weighted by atomic mass is 9.78. The van der Waals surface area contributed by atoms with Gasteiger partial charge in [-0.1, -0.05) is 47.8 Å². The zero-order chi connectivity index (χ0) is 27.8. The third-order valence-corrected chi connectivity index (χ3v) is 10.5. The zero-order valence-electron chi connectivity index (χ0n) is 22.8. The van der Waals surface area contributed by atoms with Crippen LogP contribution in [0.25, 0.3) is 21.5 Å². The van der Waals surface area contributed by atoms with Crippen molar-refractivity contribution in [1.82, 2.24) is 10.1 Å². The van der Waals surface area contributed by atoms with Crippen LogP contribution in [0.4, 0.5) is 0 Å². The highest BCUT2D eigenvalue weighted by atomic mass is 35.5. The third-order valence-electron chi connectivity index (χ3n) is 8.72. The number of aromatic nitrogens is 2. The van der Waals surface area contributed by atoms with E-state index in [4.69, 9.17) is 42.7 Å². The summed E-state index contributed by atoms with van der Waals surface area (Å²) in [5.41, 5.74) is 4.22. The molecule has 0 saturated heterocycles. The molecule has 40 heavy (non-hydrogen) atoms. The van der Waals surface area contributed by atoms with Gasteiger partial charge in [0, 0.05) is 29.6 Å². The van der Waals surface area contributed by atoms with Gasteiger partial charge in [0.25, 0.3) is 0 Å². The molecule has 0 aliphatic heterocycles. The van der Waals surface area contributed by atoms with Gasteiger partial charge in [0.2, 0.25) is 0 Å². The Balaban J connectivity index is 0.000000145. The van der Waals surface area contributed by atoms with E-state index in [-0.39, 0.29) is 0 Å². The van der Waals surface area contributed by atoms with Gasteiger partial charge in [-0.15, -0.1) is 11.3 Å². The van der Waals surface area contributed by atoms with Crippen molar-refractivity contribution in [3.63, 3.8) is 0 Å². The molecule has 7 rings (SSSR count). The van der Waals surface area contributed by atoms with E-state index in [1.807, 2.05) is 42.5 Å². The standard InChI is InChI=1S/C17H18N2S.C15H15Cl2NO2/c1-10-7-12-3-2-4-13(10)16(12)17-19-14-6-5-11(9-18)8-15(14)20-17;1-2-19-8-10-14(18-20-15(10)9-6-7-9)13-11(16)4-3-5-12(13)17/h5-6,8,10,12-13,16H,2-4,7H2,1H3;3-5,9H,2,6-8H2,1H3. The summed E-state index contributed by atoms with van der Waals surface area (Å²) in [5, 5.41) is 15.7. The van der Waals surface area contributed by atoms with Crippen LogP contribution >= 0.6 is 34.5 Å². The Morgan fingerprint density at radius 2 is 1.93 bits per heavy atom. The number of halogens is 2. The van der Waals surface area contributed by atoms with Crippen molar-refractivity contribution in [2.24, 2.45) is 17.8 Å². The Morgan fingerprint density at radius 3 is 2.62 bits per heavy atom. The maximum atomic E-state index is 9.02. The van der Waals surface area contributed by atoms with Crippen LogP contribution in [0.5, 0.6) is 0 Å². The molecule has 2 heterocycles. The van der Waals surface area contributed by atoms with Crippen molar-refractivity contribution >= 4 is 44.8 Å². The minimum absolute atomic E-state index is 0.466. The van der Waals surface area contributed by atoms with E-state index in [2.05, 4.69) is 18.1 Å². The molecule has 3 saturated carbocycles. The second kappa shape index (κ2) is 11.8. The highest BCUT2D eigenvalue weighted by Crippen LogP contribution is 2.55. The van der Waals surface area contributed by atoms with E-state index < -0.39 is 0 Å². The number of hydrogen-bond donors (Lipinski definition) is 0. The van der Waals surface area contributed by atoms with Crippen LogP contribution < -0.4 is 0 Å². The normalized spacial score (nSPS) is 23.6. The van der Waals surface area contributed by atoms with Crippen molar-refractivity contribution in [3.8, 4) is 17.3 Å². The van der Waals surface area contributed by atoms with Crippen LogP contribution in [0.2, 0.25) is 10.0 Å². The summed E-state index contributed by atoms with van der Waals surface area (Å²) in [6.45, 7) is 5.50. The van der Waals surface area contributed by atoms with Gasteiger partial charge in [-0.3, -0.25) is 0 Å². The number of hydrogen-bond acceptors (Lipinski definition) is 6. The molecule has 3 aliphatic carbocycles. The average Bonchev–Trinajstić information content (AvgIpc) is 3.53. The number of fused-ring (bicyclic) bond motifs is 3. The van der Waals surface area contributed by atoms with Crippen LogP contribution in [0.3, 0.4) is 0 Å². The molecule has 3 aliphatic rings. The number of benzene rings is 2. The van der Waals surface area contributed by atoms with Gasteiger partial charge in [0.15, 0.2) is 0 Å². The Bertz CT molecular complexity index is 1530. The fourth-order valence-corrected chi connectivity index (χ4v) is 8.52. The van der Waals surface area contributed by atoms with E-state index in [1.54, 1.807) is 12.1 Å². The van der Waals surface area contributed by atoms with Crippen LogP contribution in [0.1, 0.15) is 86.1 Å². The molecule has 0 amide bonds. The molecule has 4 atom stereocenters. The van der Waals surface area contributed by atoms with E-state index in [1.165, 1.54) is 35.4 Å². The molecule has 0 N–H and O–H groups in total. The Labute approximate surface area is 249 Å². The van der Waals surface area contributed by atoms with Gasteiger partial charge < -0.3 is 9.26 Å². The molecule has 2 aromatic carbocycles. The Morgan fingerprint density at radius 1 is 1.12 bits per heavy atom. The van der Waals surface area contributed by atoms with Crippen molar-refractivity contribution in [2.75, 3.05) is 6.61 Å². The molecule has 4 aromatic rings. The molecule has 2 bridgehead atoms. The first-order valence-corrected chi connectivity index (χ1v) is 15.9. The molecule has 208 valence electrons. The molecule has 5 nitrogen and oxygen atoms in total. The van der Waals surface area contributed by atoms with Crippen LogP contribution in [0.15, 0.2) is 40.9 Å². The van der Waals surface area contributed by atoms with Crippen LogP contribution in [-0.2, 0) is 11.3 Å². The van der Waals surface area contributed by atoms with Gasteiger partial charge >= 0.3 is 0 Å². The highest BCUT2D eigenvalue weighted by molar-refractivity contribution is 7.18. The predicted octanol–water partition coefficient (Wildman–Crippen LogP) is 9.77. The molecular formula is C32H33Cl2N3O2S. The van der Waals surface area contributed by atoms with Gasteiger partial charge in [-0.05, 0) is 87.1 Å². The minimum atomic E-state index is 0.466. The molecule has 3 fully saturated rings. The van der Waals surface area contributed by atoms with Gasteiger partial charge in [-0.2, -0.15) is 5.26 Å². The molecule has 2 aromatic heterocycles. The second-order valence-corrected chi connectivity index (χ2v) is 13.2. The van der Waals surface area contributed by atoms with Crippen molar-refractivity contribution < 1.29 is 9.26 Å². The lowest BCUT2D eigenvalue weighted by molar-refractivity contribution is 0.133. The highest BCUT2D eigenvalue weighted by Gasteiger charge is 2.45. The number of rotatable bonds is 6. The van der Waals surface area contributed by atoms with Gasteiger partial charge in [0.1, 0.15) is 11.5 Å². The fraction of sp³-hybridized carbons (Fsp3) is 0.469. The van der Waals surface area contributed by atoms with E-state index >= 15 is 0 Å². The topological polar surface area (TPSA) is 71.9 Å². The Hall–Kier alpha value is -2.43. The largest absolute Gasteiger partial charge is 0.377 e. The first kappa shape index (κ1) is 27.7. The predicted molar refractivity (Wildman–Crippen MR) is 161 cm³/mol. The molecule has 0 radical (unpaired) electrons. The summed E-state index contributed by atoms with van der Waals surface area (Å²) in [7, 11) is 0. The summed E-state index contributed by atoms with van der Waals surface area (Å²) in [4.78, 5) is 4.90. The lowest BCUT2D eigenvalue weighted by Crippen LogP contribution is -2.19. The summed E-state index contributed by atoms with van der Waals surface area (Å²) >= 11 is 14.4. The maximum absolute atomic E-state index is 9.02. The first-order chi connectivity index (χ1) is 19.5. The number of thiazole rings is 1. The second-order valence-electron chi connectivity index (χ2n) is 11.3. The fourth-order valence-electron chi connectivity index (χ4n) is 6.67. The number of nitriles is 1. The number of nitrogens with zero attached hydrogens (tertiary/aromatic N) is 3. The zero-order valence-corrected chi connectivity index (χ0v) is 25.2.